The molecule has 2 aromatic heterocycles. The van der Waals surface area contributed by atoms with Crippen LogP contribution in [0.5, 0.6) is 0 Å². The van der Waals surface area contributed by atoms with Gasteiger partial charge in [-0.15, -0.1) is 0 Å². The van der Waals surface area contributed by atoms with Crippen LogP contribution in [0.1, 0.15) is 30.7 Å². The summed E-state index contributed by atoms with van der Waals surface area (Å²) in [4.78, 5) is 0. The van der Waals surface area contributed by atoms with E-state index in [0.29, 0.717) is 13.0 Å². The van der Waals surface area contributed by atoms with Gasteiger partial charge in [-0.2, -0.15) is 10.2 Å². The molecule has 0 saturated carbocycles. The van der Waals surface area contributed by atoms with Crippen molar-refractivity contribution in [3.05, 3.63) is 47.9 Å². The predicted octanol–water partition coefficient (Wildman–Crippen LogP) is 2.26. The fraction of sp³-hybridized carbons (Fsp3) is 0.333. The SMILES string of the molecule is CCC(O)c1cnn(Cc2nn(C)c3ccccc23)c1. The van der Waals surface area contributed by atoms with Gasteiger partial charge in [0.25, 0.3) is 0 Å². The zero-order chi connectivity index (χ0) is 14.1. The van der Waals surface area contributed by atoms with Crippen LogP contribution in [0.2, 0.25) is 0 Å². The second-order valence-electron chi connectivity index (χ2n) is 4.98. The summed E-state index contributed by atoms with van der Waals surface area (Å²) in [6.45, 7) is 2.56. The topological polar surface area (TPSA) is 55.9 Å². The molecule has 0 spiro atoms. The first-order valence-electron chi connectivity index (χ1n) is 6.80. The number of aromatic nitrogens is 4. The monoisotopic (exact) mass is 270 g/mol. The molecule has 0 saturated heterocycles. The predicted molar refractivity (Wildman–Crippen MR) is 77.3 cm³/mol. The number of para-hydroxylation sites is 1. The molecular formula is C15H18N4O. The lowest BCUT2D eigenvalue weighted by atomic mass is 10.1. The largest absolute Gasteiger partial charge is 0.388 e. The number of aryl methyl sites for hydroxylation is 1. The van der Waals surface area contributed by atoms with Crippen LogP contribution < -0.4 is 0 Å². The Bertz CT molecular complexity index is 728. The van der Waals surface area contributed by atoms with Gasteiger partial charge in [-0.25, -0.2) is 0 Å². The Morgan fingerprint density at radius 3 is 2.90 bits per heavy atom. The molecule has 0 bridgehead atoms. The van der Waals surface area contributed by atoms with Gasteiger partial charge >= 0.3 is 0 Å². The van der Waals surface area contributed by atoms with E-state index < -0.39 is 6.10 Å². The van der Waals surface area contributed by atoms with E-state index in [1.54, 1.807) is 6.20 Å². The third-order valence-electron chi connectivity index (χ3n) is 3.57. The third kappa shape index (κ3) is 2.20. The van der Waals surface area contributed by atoms with Gasteiger partial charge < -0.3 is 5.11 Å². The van der Waals surface area contributed by atoms with Crippen molar-refractivity contribution in [3.8, 4) is 0 Å². The number of fused-ring (bicyclic) bond motifs is 1. The van der Waals surface area contributed by atoms with Crippen molar-refractivity contribution < 1.29 is 5.11 Å². The fourth-order valence-corrected chi connectivity index (χ4v) is 2.43. The minimum atomic E-state index is -0.441. The Kier molecular flexibility index (Phi) is 3.28. The molecule has 0 aliphatic heterocycles. The van der Waals surface area contributed by atoms with Gasteiger partial charge in [0.1, 0.15) is 0 Å². The van der Waals surface area contributed by atoms with Crippen LogP contribution in [-0.4, -0.2) is 24.7 Å². The first-order chi connectivity index (χ1) is 9.69. The van der Waals surface area contributed by atoms with Gasteiger partial charge in [0.2, 0.25) is 0 Å². The molecular weight excluding hydrogens is 252 g/mol. The summed E-state index contributed by atoms with van der Waals surface area (Å²) in [6.07, 6.45) is 3.86. The summed E-state index contributed by atoms with van der Waals surface area (Å²) in [6, 6.07) is 8.16. The van der Waals surface area contributed by atoms with Gasteiger partial charge in [0, 0.05) is 24.2 Å². The maximum atomic E-state index is 9.81. The van der Waals surface area contributed by atoms with E-state index in [4.69, 9.17) is 0 Å². The Morgan fingerprint density at radius 1 is 1.30 bits per heavy atom. The molecule has 0 fully saturated rings. The molecule has 5 heteroatoms. The van der Waals surface area contributed by atoms with Crippen LogP contribution in [0.25, 0.3) is 10.9 Å². The Balaban J connectivity index is 1.91. The van der Waals surface area contributed by atoms with E-state index >= 15 is 0 Å². The van der Waals surface area contributed by atoms with Gasteiger partial charge in [-0.1, -0.05) is 25.1 Å². The number of aliphatic hydroxyl groups is 1. The standard InChI is InChI=1S/C15H18N4O/c1-3-15(20)11-8-16-19(9-11)10-13-12-6-4-5-7-14(12)18(2)17-13/h4-9,15,20H,3,10H2,1-2H3. The molecule has 3 aromatic rings. The fourth-order valence-electron chi connectivity index (χ4n) is 2.43. The van der Waals surface area contributed by atoms with Crippen molar-refractivity contribution in [2.75, 3.05) is 0 Å². The van der Waals surface area contributed by atoms with Crippen LogP contribution in [0, 0.1) is 0 Å². The van der Waals surface area contributed by atoms with E-state index in [-0.39, 0.29) is 0 Å². The highest BCUT2D eigenvalue weighted by Crippen LogP contribution is 2.19. The smallest absolute Gasteiger partial charge is 0.0918 e. The lowest BCUT2D eigenvalue weighted by Crippen LogP contribution is -2.02. The maximum absolute atomic E-state index is 9.81. The van der Waals surface area contributed by atoms with Crippen LogP contribution in [-0.2, 0) is 13.6 Å². The minimum absolute atomic E-state index is 0.441. The van der Waals surface area contributed by atoms with E-state index in [1.165, 1.54) is 0 Å². The lowest BCUT2D eigenvalue weighted by Gasteiger charge is -2.02. The highest BCUT2D eigenvalue weighted by atomic mass is 16.3. The molecule has 0 aliphatic rings. The molecule has 104 valence electrons. The van der Waals surface area contributed by atoms with Gasteiger partial charge in [-0.3, -0.25) is 9.36 Å². The lowest BCUT2D eigenvalue weighted by molar-refractivity contribution is 0.173. The molecule has 20 heavy (non-hydrogen) atoms. The number of benzene rings is 1. The Hall–Kier alpha value is -2.14. The van der Waals surface area contributed by atoms with Gasteiger partial charge in [0.05, 0.1) is 30.1 Å². The molecule has 0 radical (unpaired) electrons. The third-order valence-corrected chi connectivity index (χ3v) is 3.57. The molecule has 2 heterocycles. The molecule has 5 nitrogen and oxygen atoms in total. The maximum Gasteiger partial charge on any atom is 0.0918 e. The summed E-state index contributed by atoms with van der Waals surface area (Å²) in [5, 5.41) is 19.8. The average molecular weight is 270 g/mol. The highest BCUT2D eigenvalue weighted by Gasteiger charge is 2.11. The minimum Gasteiger partial charge on any atom is -0.388 e. The van der Waals surface area contributed by atoms with E-state index in [2.05, 4.69) is 22.3 Å². The zero-order valence-electron chi connectivity index (χ0n) is 11.7. The summed E-state index contributed by atoms with van der Waals surface area (Å²) < 4.78 is 3.71. The second kappa shape index (κ2) is 5.09. The van der Waals surface area contributed by atoms with Crippen molar-refractivity contribution in [2.24, 2.45) is 7.05 Å². The molecule has 1 atom stereocenters. The normalized spacial score (nSPS) is 12.9. The Labute approximate surface area is 117 Å². The summed E-state index contributed by atoms with van der Waals surface area (Å²) in [5.41, 5.74) is 2.96. The zero-order valence-corrected chi connectivity index (χ0v) is 11.7. The molecule has 1 unspecified atom stereocenters. The van der Waals surface area contributed by atoms with E-state index in [0.717, 1.165) is 22.2 Å². The first kappa shape index (κ1) is 12.9. The van der Waals surface area contributed by atoms with E-state index in [9.17, 15) is 5.11 Å². The highest BCUT2D eigenvalue weighted by molar-refractivity contribution is 5.81. The molecule has 3 rings (SSSR count). The number of aliphatic hydroxyl groups excluding tert-OH is 1. The van der Waals surface area contributed by atoms with Gasteiger partial charge in [-0.05, 0) is 12.5 Å². The number of hydrogen-bond acceptors (Lipinski definition) is 3. The van der Waals surface area contributed by atoms with Crippen molar-refractivity contribution in [1.29, 1.82) is 0 Å². The van der Waals surface area contributed by atoms with Crippen molar-refractivity contribution >= 4 is 10.9 Å². The van der Waals surface area contributed by atoms with Crippen LogP contribution in [0.3, 0.4) is 0 Å². The van der Waals surface area contributed by atoms with Crippen LogP contribution in [0.15, 0.2) is 36.7 Å². The average Bonchev–Trinajstić information content (AvgIpc) is 3.05. The molecule has 0 amide bonds. The van der Waals surface area contributed by atoms with Crippen LogP contribution in [0.4, 0.5) is 0 Å². The summed E-state index contributed by atoms with van der Waals surface area (Å²) in [5.74, 6) is 0. The Morgan fingerprint density at radius 2 is 2.10 bits per heavy atom. The molecule has 1 N–H and O–H groups in total. The molecule has 0 aliphatic carbocycles. The number of nitrogens with zero attached hydrogens (tertiary/aromatic N) is 4. The van der Waals surface area contributed by atoms with Crippen molar-refractivity contribution in [3.63, 3.8) is 0 Å². The first-order valence-corrected chi connectivity index (χ1v) is 6.80. The summed E-state index contributed by atoms with van der Waals surface area (Å²) in [7, 11) is 1.95. The quantitative estimate of drug-likeness (QED) is 0.791. The van der Waals surface area contributed by atoms with Gasteiger partial charge in [0.15, 0.2) is 0 Å². The van der Waals surface area contributed by atoms with Crippen LogP contribution >= 0.6 is 0 Å². The van der Waals surface area contributed by atoms with Crippen molar-refractivity contribution in [2.45, 2.75) is 26.0 Å². The van der Waals surface area contributed by atoms with E-state index in [1.807, 2.05) is 41.7 Å². The summed E-state index contributed by atoms with van der Waals surface area (Å²) >= 11 is 0. The second-order valence-corrected chi connectivity index (χ2v) is 4.98. The number of hydrogen-bond donors (Lipinski definition) is 1. The number of rotatable bonds is 4. The van der Waals surface area contributed by atoms with Crippen molar-refractivity contribution in [1.82, 2.24) is 19.6 Å². The molecule has 1 aromatic carbocycles.